The molecule has 1 aromatic carbocycles. The number of hydrogen-bond acceptors (Lipinski definition) is 2. The summed E-state index contributed by atoms with van der Waals surface area (Å²) in [6, 6.07) is 6.88. The summed E-state index contributed by atoms with van der Waals surface area (Å²) in [7, 11) is 0. The lowest BCUT2D eigenvalue weighted by atomic mass is 10.1. The molecule has 4 heteroatoms. The standard InChI is InChI=1S/C8H8BrNO.ClH/c9-5-8(11)6-1-3-7(10)4-2-6;/h1-4H,5,10H2;1H. The van der Waals surface area contributed by atoms with Gasteiger partial charge in [-0.05, 0) is 24.3 Å². The second-order valence-corrected chi connectivity index (χ2v) is 2.74. The molecule has 66 valence electrons. The van der Waals surface area contributed by atoms with Crippen LogP contribution in [0.2, 0.25) is 0 Å². The van der Waals surface area contributed by atoms with Gasteiger partial charge in [0.1, 0.15) is 0 Å². The summed E-state index contributed by atoms with van der Waals surface area (Å²) < 4.78 is 0. The van der Waals surface area contributed by atoms with E-state index in [0.717, 1.165) is 0 Å². The van der Waals surface area contributed by atoms with Crippen LogP contribution >= 0.6 is 28.3 Å². The van der Waals surface area contributed by atoms with E-state index in [1.807, 2.05) is 0 Å². The van der Waals surface area contributed by atoms with Gasteiger partial charge in [-0.3, -0.25) is 4.79 Å². The Balaban J connectivity index is 0.00000121. The first kappa shape index (κ1) is 11.5. The molecule has 0 aliphatic carbocycles. The predicted octanol–water partition coefficient (Wildman–Crippen LogP) is 2.27. The zero-order chi connectivity index (χ0) is 8.27. The van der Waals surface area contributed by atoms with Crippen LogP contribution in [-0.4, -0.2) is 11.1 Å². The molecule has 0 saturated heterocycles. The van der Waals surface area contributed by atoms with Crippen molar-refractivity contribution < 1.29 is 4.79 Å². The summed E-state index contributed by atoms with van der Waals surface area (Å²) in [4.78, 5) is 11.0. The molecule has 0 atom stereocenters. The SMILES string of the molecule is Cl.Nc1ccc(C(=O)CBr)cc1. The molecular weight excluding hydrogens is 241 g/mol. The Morgan fingerprint density at radius 1 is 1.33 bits per heavy atom. The van der Waals surface area contributed by atoms with Crippen LogP contribution in [-0.2, 0) is 0 Å². The summed E-state index contributed by atoms with van der Waals surface area (Å²) in [5, 5.41) is 0.358. The fourth-order valence-corrected chi connectivity index (χ4v) is 1.07. The van der Waals surface area contributed by atoms with E-state index >= 15 is 0 Å². The van der Waals surface area contributed by atoms with Crippen LogP contribution in [0.4, 0.5) is 5.69 Å². The van der Waals surface area contributed by atoms with Crippen molar-refractivity contribution in [2.45, 2.75) is 0 Å². The normalized spacial score (nSPS) is 8.75. The second-order valence-electron chi connectivity index (χ2n) is 2.18. The van der Waals surface area contributed by atoms with E-state index in [0.29, 0.717) is 16.6 Å². The first-order valence-electron chi connectivity index (χ1n) is 3.18. The number of anilines is 1. The molecule has 0 aliphatic heterocycles. The van der Waals surface area contributed by atoms with E-state index in [1.54, 1.807) is 24.3 Å². The van der Waals surface area contributed by atoms with Gasteiger partial charge in [-0.1, -0.05) is 15.9 Å². The average Bonchev–Trinajstić information content (AvgIpc) is 2.05. The Bertz CT molecular complexity index is 260. The topological polar surface area (TPSA) is 43.1 Å². The van der Waals surface area contributed by atoms with E-state index < -0.39 is 0 Å². The maximum Gasteiger partial charge on any atom is 0.173 e. The van der Waals surface area contributed by atoms with Gasteiger partial charge in [-0.15, -0.1) is 12.4 Å². The molecule has 0 spiro atoms. The van der Waals surface area contributed by atoms with Crippen LogP contribution in [0, 0.1) is 0 Å². The van der Waals surface area contributed by atoms with Crippen LogP contribution in [0.15, 0.2) is 24.3 Å². The Morgan fingerprint density at radius 3 is 2.25 bits per heavy atom. The van der Waals surface area contributed by atoms with Gasteiger partial charge >= 0.3 is 0 Å². The van der Waals surface area contributed by atoms with E-state index in [9.17, 15) is 4.79 Å². The first-order chi connectivity index (χ1) is 5.24. The monoisotopic (exact) mass is 249 g/mol. The zero-order valence-corrected chi connectivity index (χ0v) is 8.69. The largest absolute Gasteiger partial charge is 0.399 e. The average molecular weight is 251 g/mol. The van der Waals surface area contributed by atoms with E-state index in [1.165, 1.54) is 0 Å². The molecule has 1 aromatic rings. The van der Waals surface area contributed by atoms with Crippen LogP contribution in [0.25, 0.3) is 0 Å². The van der Waals surface area contributed by atoms with Gasteiger partial charge in [0.05, 0.1) is 5.33 Å². The number of nitrogen functional groups attached to an aromatic ring is 1. The zero-order valence-electron chi connectivity index (χ0n) is 6.29. The van der Waals surface area contributed by atoms with Crippen molar-refractivity contribution in [3.8, 4) is 0 Å². The van der Waals surface area contributed by atoms with Crippen LogP contribution in [0.5, 0.6) is 0 Å². The quantitative estimate of drug-likeness (QED) is 0.497. The molecule has 0 bridgehead atoms. The number of hydrogen-bond donors (Lipinski definition) is 1. The lowest BCUT2D eigenvalue weighted by Crippen LogP contribution is -1.99. The van der Waals surface area contributed by atoms with E-state index in [2.05, 4.69) is 15.9 Å². The van der Waals surface area contributed by atoms with Gasteiger partial charge in [0.2, 0.25) is 0 Å². The van der Waals surface area contributed by atoms with Crippen LogP contribution in [0.1, 0.15) is 10.4 Å². The van der Waals surface area contributed by atoms with Crippen LogP contribution < -0.4 is 5.73 Å². The van der Waals surface area contributed by atoms with Gasteiger partial charge in [0.25, 0.3) is 0 Å². The third-order valence-corrected chi connectivity index (χ3v) is 1.86. The smallest absolute Gasteiger partial charge is 0.173 e. The summed E-state index contributed by atoms with van der Waals surface area (Å²) >= 11 is 3.09. The number of nitrogens with two attached hydrogens (primary N) is 1. The number of alkyl halides is 1. The highest BCUT2D eigenvalue weighted by atomic mass is 79.9. The molecule has 0 fully saturated rings. The van der Waals surface area contributed by atoms with Gasteiger partial charge in [-0.2, -0.15) is 0 Å². The summed E-state index contributed by atoms with van der Waals surface area (Å²) in [6.45, 7) is 0. The molecule has 0 aliphatic rings. The minimum absolute atomic E-state index is 0. The van der Waals surface area contributed by atoms with Crippen molar-refractivity contribution in [2.75, 3.05) is 11.1 Å². The Labute approximate surface area is 85.7 Å². The number of benzene rings is 1. The maximum absolute atomic E-state index is 11.0. The Kier molecular flexibility index (Phi) is 4.93. The summed E-state index contributed by atoms with van der Waals surface area (Å²) in [5.74, 6) is 0.0741. The summed E-state index contributed by atoms with van der Waals surface area (Å²) in [6.07, 6.45) is 0. The molecule has 0 radical (unpaired) electrons. The predicted molar refractivity (Wildman–Crippen MR) is 56.2 cm³/mol. The minimum atomic E-state index is 0. The van der Waals surface area contributed by atoms with Crippen molar-refractivity contribution in [2.24, 2.45) is 0 Å². The fourth-order valence-electron chi connectivity index (χ4n) is 0.746. The lowest BCUT2D eigenvalue weighted by molar-refractivity contribution is 0.102. The molecule has 2 N–H and O–H groups in total. The molecule has 0 saturated carbocycles. The van der Waals surface area contributed by atoms with Gasteiger partial charge in [0.15, 0.2) is 5.78 Å². The third kappa shape index (κ3) is 2.83. The molecule has 0 amide bonds. The van der Waals surface area contributed by atoms with Crippen LogP contribution in [0.3, 0.4) is 0 Å². The van der Waals surface area contributed by atoms with E-state index in [4.69, 9.17) is 5.73 Å². The number of carbonyl (C=O) groups excluding carboxylic acids is 1. The molecule has 12 heavy (non-hydrogen) atoms. The highest BCUT2D eigenvalue weighted by molar-refractivity contribution is 9.09. The number of carbonyl (C=O) groups is 1. The highest BCUT2D eigenvalue weighted by Crippen LogP contribution is 2.06. The Morgan fingerprint density at radius 2 is 1.83 bits per heavy atom. The molecule has 0 heterocycles. The van der Waals surface area contributed by atoms with Gasteiger partial charge in [-0.25, -0.2) is 0 Å². The van der Waals surface area contributed by atoms with Crippen molar-refractivity contribution in [1.82, 2.24) is 0 Å². The number of rotatable bonds is 2. The molecular formula is C8H9BrClNO. The van der Waals surface area contributed by atoms with Gasteiger partial charge in [0, 0.05) is 11.3 Å². The second kappa shape index (κ2) is 5.17. The summed E-state index contributed by atoms with van der Waals surface area (Å²) in [5.41, 5.74) is 6.81. The maximum atomic E-state index is 11.0. The Hall–Kier alpha value is -0.540. The molecule has 0 aromatic heterocycles. The minimum Gasteiger partial charge on any atom is -0.399 e. The number of Topliss-reactive ketones (excluding diaryl/α,β-unsaturated/α-hetero) is 1. The number of ketones is 1. The lowest BCUT2D eigenvalue weighted by Gasteiger charge is -1.96. The molecule has 0 unspecified atom stereocenters. The van der Waals surface area contributed by atoms with Gasteiger partial charge < -0.3 is 5.73 Å². The van der Waals surface area contributed by atoms with Crippen molar-refractivity contribution in [3.05, 3.63) is 29.8 Å². The van der Waals surface area contributed by atoms with Crippen molar-refractivity contribution in [3.63, 3.8) is 0 Å². The fraction of sp³-hybridized carbons (Fsp3) is 0.125. The highest BCUT2D eigenvalue weighted by Gasteiger charge is 2.01. The molecule has 2 nitrogen and oxygen atoms in total. The van der Waals surface area contributed by atoms with Crippen molar-refractivity contribution in [1.29, 1.82) is 0 Å². The van der Waals surface area contributed by atoms with Crippen molar-refractivity contribution >= 4 is 39.8 Å². The third-order valence-electron chi connectivity index (χ3n) is 1.35. The number of halogens is 2. The van der Waals surface area contributed by atoms with E-state index in [-0.39, 0.29) is 18.2 Å². The molecule has 1 rings (SSSR count). The first-order valence-corrected chi connectivity index (χ1v) is 4.31.